The van der Waals surface area contributed by atoms with Crippen LogP contribution < -0.4 is 4.90 Å². The fourth-order valence-electron chi connectivity index (χ4n) is 1.13. The Kier molecular flexibility index (Phi) is 4.77. The van der Waals surface area contributed by atoms with Gasteiger partial charge in [0.25, 0.3) is 0 Å². The van der Waals surface area contributed by atoms with E-state index in [1.165, 1.54) is 0 Å². The van der Waals surface area contributed by atoms with E-state index in [2.05, 4.69) is 0 Å². The van der Waals surface area contributed by atoms with Crippen LogP contribution in [0.3, 0.4) is 0 Å². The molecule has 14 heavy (non-hydrogen) atoms. The molecule has 0 heterocycles. The Morgan fingerprint density at radius 1 is 1.43 bits per heavy atom. The third-order valence-corrected chi connectivity index (χ3v) is 2.30. The summed E-state index contributed by atoms with van der Waals surface area (Å²) in [6.07, 6.45) is 1.56. The lowest BCUT2D eigenvalue weighted by Gasteiger charge is -2.16. The molecule has 1 rings (SSSR count). The van der Waals surface area contributed by atoms with Gasteiger partial charge < -0.3 is 4.90 Å². The number of benzene rings is 1. The molecule has 0 atom stereocenters. The van der Waals surface area contributed by atoms with Gasteiger partial charge in [-0.15, -0.1) is 11.6 Å². The van der Waals surface area contributed by atoms with Gasteiger partial charge in [-0.3, -0.25) is 4.79 Å². The number of halogens is 2. The van der Waals surface area contributed by atoms with E-state index in [4.69, 9.17) is 23.2 Å². The van der Waals surface area contributed by atoms with Gasteiger partial charge in [0, 0.05) is 23.1 Å². The van der Waals surface area contributed by atoms with Crippen molar-refractivity contribution in [3.05, 3.63) is 29.3 Å². The number of rotatable bonds is 5. The van der Waals surface area contributed by atoms with Gasteiger partial charge in [0.1, 0.15) is 0 Å². The van der Waals surface area contributed by atoms with Crippen LogP contribution in [0.5, 0.6) is 0 Å². The van der Waals surface area contributed by atoms with Crippen molar-refractivity contribution in [3.63, 3.8) is 0 Å². The highest BCUT2D eigenvalue weighted by atomic mass is 35.5. The number of hydrogen-bond donors (Lipinski definition) is 0. The van der Waals surface area contributed by atoms with Crippen molar-refractivity contribution in [1.82, 2.24) is 0 Å². The number of amides is 1. The van der Waals surface area contributed by atoms with Crippen molar-refractivity contribution >= 4 is 35.3 Å². The monoisotopic (exact) mass is 231 g/mol. The van der Waals surface area contributed by atoms with Gasteiger partial charge in [0.2, 0.25) is 6.41 Å². The number of hydrogen-bond acceptors (Lipinski definition) is 1. The molecule has 0 aliphatic rings. The van der Waals surface area contributed by atoms with Crippen LogP contribution in [-0.2, 0) is 4.79 Å². The number of carbonyl (C=O) groups is 1. The predicted octanol–water partition coefficient (Wildman–Crippen LogP) is 2.93. The molecule has 0 aliphatic heterocycles. The largest absolute Gasteiger partial charge is 0.315 e. The highest BCUT2D eigenvalue weighted by Crippen LogP contribution is 2.18. The molecule has 0 radical (unpaired) electrons. The number of anilines is 1. The first kappa shape index (κ1) is 11.3. The quantitative estimate of drug-likeness (QED) is 0.564. The van der Waals surface area contributed by atoms with E-state index in [1.54, 1.807) is 17.0 Å². The fraction of sp³-hybridized carbons (Fsp3) is 0.300. The summed E-state index contributed by atoms with van der Waals surface area (Å²) in [5, 5.41) is 0.625. The maximum absolute atomic E-state index is 10.8. The molecule has 0 N–H and O–H groups in total. The predicted molar refractivity (Wildman–Crippen MR) is 60.2 cm³/mol. The first-order valence-electron chi connectivity index (χ1n) is 4.31. The lowest BCUT2D eigenvalue weighted by Crippen LogP contribution is -2.22. The topological polar surface area (TPSA) is 20.3 Å². The zero-order chi connectivity index (χ0) is 10.4. The summed E-state index contributed by atoms with van der Waals surface area (Å²) in [6.45, 7) is 0.618. The second-order valence-corrected chi connectivity index (χ2v) is 3.64. The number of carbonyl (C=O) groups excluding carboxylic acids is 1. The fourth-order valence-corrected chi connectivity index (χ4v) is 1.43. The second kappa shape index (κ2) is 5.89. The van der Waals surface area contributed by atoms with E-state index < -0.39 is 0 Å². The third kappa shape index (κ3) is 3.20. The van der Waals surface area contributed by atoms with Crippen LogP contribution in [0.2, 0.25) is 5.02 Å². The summed E-state index contributed by atoms with van der Waals surface area (Å²) < 4.78 is 0. The van der Waals surface area contributed by atoms with E-state index >= 15 is 0 Å². The van der Waals surface area contributed by atoms with Crippen LogP contribution in [0.4, 0.5) is 5.69 Å². The standard InChI is InChI=1S/C10H11Cl2NO/c11-5-2-6-13(8-14)10-4-1-3-9(12)7-10/h1,3-4,7-8H,2,5-6H2. The van der Waals surface area contributed by atoms with Gasteiger partial charge >= 0.3 is 0 Å². The summed E-state index contributed by atoms with van der Waals surface area (Å²) in [5.41, 5.74) is 0.803. The van der Waals surface area contributed by atoms with E-state index in [1.807, 2.05) is 12.1 Å². The van der Waals surface area contributed by atoms with Gasteiger partial charge in [-0.25, -0.2) is 0 Å². The van der Waals surface area contributed by atoms with Gasteiger partial charge in [0.15, 0.2) is 0 Å². The molecule has 1 aromatic carbocycles. The summed E-state index contributed by atoms with van der Waals surface area (Å²) in [7, 11) is 0. The number of nitrogens with zero attached hydrogens (tertiary/aromatic N) is 1. The molecule has 2 nitrogen and oxygen atoms in total. The van der Waals surface area contributed by atoms with Crippen molar-refractivity contribution in [2.45, 2.75) is 6.42 Å². The van der Waals surface area contributed by atoms with Gasteiger partial charge in [-0.05, 0) is 24.6 Å². The molecule has 0 aromatic heterocycles. The Balaban J connectivity index is 2.73. The van der Waals surface area contributed by atoms with Gasteiger partial charge in [-0.2, -0.15) is 0 Å². The highest BCUT2D eigenvalue weighted by Gasteiger charge is 2.04. The zero-order valence-corrected chi connectivity index (χ0v) is 9.13. The normalized spacial score (nSPS) is 9.86. The van der Waals surface area contributed by atoms with Crippen molar-refractivity contribution in [3.8, 4) is 0 Å². The summed E-state index contributed by atoms with van der Waals surface area (Å²) in [5.74, 6) is 0.547. The first-order chi connectivity index (χ1) is 6.77. The van der Waals surface area contributed by atoms with Crippen LogP contribution in [0, 0.1) is 0 Å². The Morgan fingerprint density at radius 3 is 2.79 bits per heavy atom. The van der Waals surface area contributed by atoms with Crippen LogP contribution >= 0.6 is 23.2 Å². The highest BCUT2D eigenvalue weighted by molar-refractivity contribution is 6.30. The average Bonchev–Trinajstić information content (AvgIpc) is 2.19. The summed E-state index contributed by atoms with van der Waals surface area (Å²) in [4.78, 5) is 12.4. The SMILES string of the molecule is O=CN(CCCCl)c1cccc(Cl)c1. The first-order valence-corrected chi connectivity index (χ1v) is 5.22. The van der Waals surface area contributed by atoms with Crippen LogP contribution in [0.25, 0.3) is 0 Å². The molecule has 0 bridgehead atoms. The molecule has 76 valence electrons. The number of alkyl halides is 1. The molecule has 0 spiro atoms. The molecule has 0 saturated carbocycles. The molecule has 1 aromatic rings. The van der Waals surface area contributed by atoms with E-state index in [0.29, 0.717) is 17.4 Å². The lowest BCUT2D eigenvalue weighted by molar-refractivity contribution is -0.107. The lowest BCUT2D eigenvalue weighted by atomic mass is 10.3. The Bertz CT molecular complexity index is 304. The minimum Gasteiger partial charge on any atom is -0.315 e. The average molecular weight is 232 g/mol. The smallest absolute Gasteiger partial charge is 0.214 e. The van der Waals surface area contributed by atoms with Crippen LogP contribution in [0.1, 0.15) is 6.42 Å². The Hall–Kier alpha value is -0.730. The third-order valence-electron chi connectivity index (χ3n) is 1.80. The van der Waals surface area contributed by atoms with Gasteiger partial charge in [-0.1, -0.05) is 17.7 Å². The Morgan fingerprint density at radius 2 is 2.21 bits per heavy atom. The van der Waals surface area contributed by atoms with Crippen molar-refractivity contribution in [1.29, 1.82) is 0 Å². The molecule has 0 unspecified atom stereocenters. The summed E-state index contributed by atoms with van der Waals surface area (Å²) in [6, 6.07) is 7.18. The molecule has 1 amide bonds. The molecule has 4 heteroatoms. The molecule has 0 saturated heterocycles. The molecule has 0 fully saturated rings. The minimum absolute atomic E-state index is 0.547. The van der Waals surface area contributed by atoms with Crippen molar-refractivity contribution in [2.24, 2.45) is 0 Å². The van der Waals surface area contributed by atoms with Crippen LogP contribution in [0.15, 0.2) is 24.3 Å². The van der Waals surface area contributed by atoms with E-state index in [-0.39, 0.29) is 0 Å². The Labute approximate surface area is 93.4 Å². The van der Waals surface area contributed by atoms with Gasteiger partial charge in [0.05, 0.1) is 0 Å². The molecule has 0 aliphatic carbocycles. The van der Waals surface area contributed by atoms with Crippen LogP contribution in [-0.4, -0.2) is 18.8 Å². The zero-order valence-electron chi connectivity index (χ0n) is 7.62. The molecular formula is C10H11Cl2NO. The maximum atomic E-state index is 10.8. The van der Waals surface area contributed by atoms with E-state index in [9.17, 15) is 4.79 Å². The van der Waals surface area contributed by atoms with Crippen molar-refractivity contribution < 1.29 is 4.79 Å². The maximum Gasteiger partial charge on any atom is 0.214 e. The minimum atomic E-state index is 0.547. The van der Waals surface area contributed by atoms with Crippen molar-refractivity contribution in [2.75, 3.05) is 17.3 Å². The second-order valence-electron chi connectivity index (χ2n) is 2.82. The van der Waals surface area contributed by atoms with E-state index in [0.717, 1.165) is 18.5 Å². The summed E-state index contributed by atoms with van der Waals surface area (Å²) >= 11 is 11.4. The molecular weight excluding hydrogens is 221 g/mol.